The lowest BCUT2D eigenvalue weighted by atomic mass is 9.47. The van der Waals surface area contributed by atoms with E-state index in [9.17, 15) is 0 Å². The number of halogens is 2. The van der Waals surface area contributed by atoms with Crippen molar-refractivity contribution in [3.63, 3.8) is 0 Å². The topological polar surface area (TPSA) is 70.5 Å². The standard InChI is InChI=1S/C38H42Cl2N2O2/c39-31-11-27(41)1-3-33(31)43-35-13-30(38-18-24-8-25(19-38)10-26(9-24)20-38)36(44-34-4-2-28(42)12-32(34)40)14-29(35)37-15-21-5-22(16-37)7-23(6-21)17-37/h1-4,11-14,21-26H,5-10,15-20,41-42H2. The normalized spacial score (nSPS) is 36.1. The molecule has 0 unspecified atom stereocenters. The number of benzene rings is 3. The first kappa shape index (κ1) is 27.7. The quantitative estimate of drug-likeness (QED) is 0.266. The predicted molar refractivity (Wildman–Crippen MR) is 178 cm³/mol. The lowest BCUT2D eigenvalue weighted by Gasteiger charge is -2.58. The highest BCUT2D eigenvalue weighted by Crippen LogP contribution is 2.66. The molecular weight excluding hydrogens is 587 g/mol. The highest BCUT2D eigenvalue weighted by atomic mass is 35.5. The van der Waals surface area contributed by atoms with Crippen molar-refractivity contribution in [1.29, 1.82) is 0 Å². The Morgan fingerprint density at radius 2 is 0.795 bits per heavy atom. The van der Waals surface area contributed by atoms with Gasteiger partial charge in [0.05, 0.1) is 10.0 Å². The van der Waals surface area contributed by atoms with Crippen molar-refractivity contribution in [1.82, 2.24) is 0 Å². The molecule has 0 atom stereocenters. The molecule has 3 aromatic carbocycles. The van der Waals surface area contributed by atoms with Gasteiger partial charge in [-0.15, -0.1) is 0 Å². The van der Waals surface area contributed by atoms with Gasteiger partial charge in [0.2, 0.25) is 0 Å². The fourth-order valence-corrected chi connectivity index (χ4v) is 12.3. The van der Waals surface area contributed by atoms with Gasteiger partial charge in [0.25, 0.3) is 0 Å². The zero-order valence-electron chi connectivity index (χ0n) is 25.3. The Balaban J connectivity index is 1.24. The average Bonchev–Trinajstić information content (AvgIpc) is 2.95. The minimum absolute atomic E-state index is 0.0907. The SMILES string of the molecule is Nc1ccc(Oc2cc(C34CC5CC(CC(C5)C3)C4)c(Oc3ccc(N)cc3Cl)cc2C23CC4CC(CC(C4)C2)C3)c(Cl)c1. The Kier molecular flexibility index (Phi) is 6.28. The van der Waals surface area contributed by atoms with E-state index in [-0.39, 0.29) is 10.8 Å². The zero-order valence-corrected chi connectivity index (χ0v) is 26.8. The van der Waals surface area contributed by atoms with Crippen molar-refractivity contribution in [3.8, 4) is 23.0 Å². The molecule has 8 bridgehead atoms. The number of rotatable bonds is 6. The Morgan fingerprint density at radius 3 is 1.09 bits per heavy atom. The first-order valence-electron chi connectivity index (χ1n) is 16.9. The van der Waals surface area contributed by atoms with Gasteiger partial charge in [-0.2, -0.15) is 0 Å². The minimum atomic E-state index is 0.0907. The van der Waals surface area contributed by atoms with Crippen molar-refractivity contribution < 1.29 is 9.47 Å². The molecule has 4 N–H and O–H groups in total. The molecule has 0 aromatic heterocycles. The molecule has 11 rings (SSSR count). The Labute approximate surface area is 270 Å². The Morgan fingerprint density at radius 1 is 0.477 bits per heavy atom. The fraction of sp³-hybridized carbons (Fsp3) is 0.526. The van der Waals surface area contributed by atoms with Crippen LogP contribution in [0.4, 0.5) is 11.4 Å². The van der Waals surface area contributed by atoms with Gasteiger partial charge in [-0.05, 0) is 172 Å². The largest absolute Gasteiger partial charge is 0.455 e. The number of ether oxygens (including phenoxy) is 2. The summed E-state index contributed by atoms with van der Waals surface area (Å²) >= 11 is 13.5. The van der Waals surface area contributed by atoms with Crippen LogP contribution in [0.1, 0.15) is 88.2 Å². The molecule has 0 spiro atoms. The second kappa shape index (κ2) is 9.97. The molecular formula is C38H42Cl2N2O2. The highest BCUT2D eigenvalue weighted by molar-refractivity contribution is 6.32. The summed E-state index contributed by atoms with van der Waals surface area (Å²) in [5, 5.41) is 1.10. The Hall–Kier alpha value is -2.56. The summed E-state index contributed by atoms with van der Waals surface area (Å²) in [6, 6.07) is 16.0. The number of hydrogen-bond acceptors (Lipinski definition) is 4. The van der Waals surface area contributed by atoms with Crippen molar-refractivity contribution in [2.24, 2.45) is 35.5 Å². The number of nitrogen functional groups attached to an aromatic ring is 2. The lowest BCUT2D eigenvalue weighted by Crippen LogP contribution is -2.49. The third-order valence-corrected chi connectivity index (χ3v) is 13.2. The second-order valence-electron chi connectivity index (χ2n) is 15.8. The van der Waals surface area contributed by atoms with Crippen LogP contribution in [-0.2, 0) is 10.8 Å². The van der Waals surface area contributed by atoms with Crippen molar-refractivity contribution in [2.75, 3.05) is 11.5 Å². The van der Waals surface area contributed by atoms with E-state index in [2.05, 4.69) is 12.1 Å². The maximum Gasteiger partial charge on any atom is 0.146 e. The summed E-state index contributed by atoms with van der Waals surface area (Å²) in [4.78, 5) is 0. The minimum Gasteiger partial charge on any atom is -0.455 e. The van der Waals surface area contributed by atoms with Gasteiger partial charge >= 0.3 is 0 Å². The van der Waals surface area contributed by atoms with Crippen molar-refractivity contribution >= 4 is 34.6 Å². The third kappa shape index (κ3) is 4.53. The molecule has 3 aromatic rings. The highest BCUT2D eigenvalue weighted by Gasteiger charge is 2.55. The molecule has 8 aliphatic carbocycles. The van der Waals surface area contributed by atoms with E-state index >= 15 is 0 Å². The summed E-state index contributed by atoms with van der Waals surface area (Å²) in [6.45, 7) is 0. The van der Waals surface area contributed by atoms with E-state index in [1.807, 2.05) is 24.3 Å². The molecule has 6 heteroatoms. The first-order chi connectivity index (χ1) is 21.2. The van der Waals surface area contributed by atoms with Crippen LogP contribution in [0.3, 0.4) is 0 Å². The summed E-state index contributed by atoms with van der Waals surface area (Å²) in [5.74, 6) is 8.04. The van der Waals surface area contributed by atoms with E-state index in [0.717, 1.165) is 47.0 Å². The maximum atomic E-state index is 6.95. The molecule has 8 fully saturated rings. The molecule has 0 radical (unpaired) electrons. The third-order valence-electron chi connectivity index (χ3n) is 12.7. The number of hydrogen-bond donors (Lipinski definition) is 2. The van der Waals surface area contributed by atoms with E-state index in [1.165, 1.54) is 88.2 Å². The summed E-state index contributed by atoms with van der Waals surface area (Å²) < 4.78 is 13.9. The van der Waals surface area contributed by atoms with E-state index in [4.69, 9.17) is 44.1 Å². The smallest absolute Gasteiger partial charge is 0.146 e. The fourth-order valence-electron chi connectivity index (χ4n) is 11.9. The summed E-state index contributed by atoms with van der Waals surface area (Å²) in [5.41, 5.74) is 16.2. The van der Waals surface area contributed by atoms with E-state index < -0.39 is 0 Å². The Bertz CT molecular complexity index is 1460. The average molecular weight is 630 g/mol. The van der Waals surface area contributed by atoms with Crippen LogP contribution in [0.15, 0.2) is 48.5 Å². The van der Waals surface area contributed by atoms with Crippen molar-refractivity contribution in [2.45, 2.75) is 87.9 Å². The van der Waals surface area contributed by atoms with Gasteiger partial charge in [-0.25, -0.2) is 0 Å². The molecule has 230 valence electrons. The second-order valence-corrected chi connectivity index (χ2v) is 16.6. The molecule has 0 aliphatic heterocycles. The maximum absolute atomic E-state index is 6.95. The van der Waals surface area contributed by atoms with Crippen LogP contribution in [0.25, 0.3) is 0 Å². The lowest BCUT2D eigenvalue weighted by molar-refractivity contribution is -0.00824. The first-order valence-corrected chi connectivity index (χ1v) is 17.6. The number of anilines is 2. The summed E-state index contributed by atoms with van der Waals surface area (Å²) in [6.07, 6.45) is 15.7. The molecule has 0 amide bonds. The predicted octanol–water partition coefficient (Wildman–Crippen LogP) is 10.7. The van der Waals surface area contributed by atoms with E-state index in [1.54, 1.807) is 12.1 Å². The van der Waals surface area contributed by atoms with Gasteiger partial charge in [0, 0.05) is 22.5 Å². The van der Waals surface area contributed by atoms with Gasteiger partial charge in [-0.1, -0.05) is 23.2 Å². The van der Waals surface area contributed by atoms with Gasteiger partial charge < -0.3 is 20.9 Å². The monoisotopic (exact) mass is 628 g/mol. The number of nitrogens with two attached hydrogens (primary N) is 2. The van der Waals surface area contributed by atoms with Gasteiger partial charge in [0.15, 0.2) is 0 Å². The molecule has 0 heterocycles. The zero-order chi connectivity index (χ0) is 29.8. The van der Waals surface area contributed by atoms with Crippen LogP contribution in [0.2, 0.25) is 10.0 Å². The van der Waals surface area contributed by atoms with Gasteiger partial charge in [0.1, 0.15) is 23.0 Å². The van der Waals surface area contributed by atoms with Crippen molar-refractivity contribution in [3.05, 3.63) is 69.7 Å². The summed E-state index contributed by atoms with van der Waals surface area (Å²) in [7, 11) is 0. The van der Waals surface area contributed by atoms with E-state index in [0.29, 0.717) is 32.9 Å². The van der Waals surface area contributed by atoms with Crippen LogP contribution in [-0.4, -0.2) is 0 Å². The molecule has 4 nitrogen and oxygen atoms in total. The molecule has 44 heavy (non-hydrogen) atoms. The molecule has 8 saturated carbocycles. The van der Waals surface area contributed by atoms with Gasteiger partial charge in [-0.3, -0.25) is 0 Å². The van der Waals surface area contributed by atoms with Crippen LogP contribution in [0.5, 0.6) is 23.0 Å². The molecule has 0 saturated heterocycles. The van der Waals surface area contributed by atoms with Crippen LogP contribution >= 0.6 is 23.2 Å². The molecule has 8 aliphatic rings. The van der Waals surface area contributed by atoms with Crippen LogP contribution in [0, 0.1) is 35.5 Å². The van der Waals surface area contributed by atoms with Crippen LogP contribution < -0.4 is 20.9 Å².